The molecular formula is C16H12BrFN2O. The maximum atomic E-state index is 14.2. The quantitative estimate of drug-likeness (QED) is 0.705. The first kappa shape index (κ1) is 13.9. The zero-order valence-electron chi connectivity index (χ0n) is 11.3. The highest BCUT2D eigenvalue weighted by molar-refractivity contribution is 9.10. The standard InChI is InChI=1S/C16H12BrFN2O/c1-10(11-5-3-2-4-6-11)20-9-19-13-8-7-12(17)15(18)14(13)16(20)21/h2-10H,1H3. The molecule has 0 saturated carbocycles. The van der Waals surface area contributed by atoms with Crippen LogP contribution in [0.15, 0.2) is 58.1 Å². The molecular weight excluding hydrogens is 335 g/mol. The first-order valence-corrected chi connectivity index (χ1v) is 7.28. The zero-order chi connectivity index (χ0) is 15.0. The predicted octanol–water partition coefficient (Wildman–Crippen LogP) is 3.91. The first-order valence-electron chi connectivity index (χ1n) is 6.49. The summed E-state index contributed by atoms with van der Waals surface area (Å²) in [7, 11) is 0. The molecule has 0 aliphatic heterocycles. The van der Waals surface area contributed by atoms with Gasteiger partial charge in [0.1, 0.15) is 5.39 Å². The number of hydrogen-bond donors (Lipinski definition) is 0. The van der Waals surface area contributed by atoms with Gasteiger partial charge in [-0.1, -0.05) is 30.3 Å². The second-order valence-electron chi connectivity index (χ2n) is 4.80. The monoisotopic (exact) mass is 346 g/mol. The van der Waals surface area contributed by atoms with Crippen molar-refractivity contribution in [2.24, 2.45) is 0 Å². The van der Waals surface area contributed by atoms with E-state index in [0.717, 1.165) is 5.56 Å². The highest BCUT2D eigenvalue weighted by atomic mass is 79.9. The molecule has 0 aliphatic carbocycles. The molecule has 0 N–H and O–H groups in total. The zero-order valence-corrected chi connectivity index (χ0v) is 12.8. The summed E-state index contributed by atoms with van der Waals surface area (Å²) in [5, 5.41) is 0.00894. The van der Waals surface area contributed by atoms with Crippen LogP contribution in [0.3, 0.4) is 0 Å². The molecule has 1 aromatic heterocycles. The molecule has 0 spiro atoms. The van der Waals surface area contributed by atoms with E-state index >= 15 is 0 Å². The van der Waals surface area contributed by atoms with Gasteiger partial charge in [0.2, 0.25) is 0 Å². The van der Waals surface area contributed by atoms with Gasteiger partial charge in [-0.25, -0.2) is 9.37 Å². The number of aromatic nitrogens is 2. The Labute approximate surface area is 129 Å². The van der Waals surface area contributed by atoms with Gasteiger partial charge in [0.15, 0.2) is 5.82 Å². The molecule has 3 rings (SSSR count). The van der Waals surface area contributed by atoms with Crippen molar-refractivity contribution in [3.8, 4) is 0 Å². The van der Waals surface area contributed by atoms with E-state index < -0.39 is 5.82 Å². The maximum Gasteiger partial charge on any atom is 0.264 e. The van der Waals surface area contributed by atoms with E-state index in [9.17, 15) is 9.18 Å². The fourth-order valence-electron chi connectivity index (χ4n) is 2.33. The predicted molar refractivity (Wildman–Crippen MR) is 83.9 cm³/mol. The summed E-state index contributed by atoms with van der Waals surface area (Å²) in [5.74, 6) is -0.570. The lowest BCUT2D eigenvalue weighted by molar-refractivity contribution is 0.597. The lowest BCUT2D eigenvalue weighted by atomic mass is 10.1. The third kappa shape index (κ3) is 2.38. The minimum Gasteiger partial charge on any atom is -0.291 e. The second-order valence-corrected chi connectivity index (χ2v) is 5.65. The molecule has 3 aromatic rings. The second kappa shape index (κ2) is 5.41. The van der Waals surface area contributed by atoms with Crippen molar-refractivity contribution in [2.75, 3.05) is 0 Å². The van der Waals surface area contributed by atoms with Crippen LogP contribution in [0.4, 0.5) is 4.39 Å². The third-order valence-electron chi connectivity index (χ3n) is 3.54. The minimum atomic E-state index is -0.570. The highest BCUT2D eigenvalue weighted by Gasteiger charge is 2.15. The van der Waals surface area contributed by atoms with E-state index in [0.29, 0.717) is 5.52 Å². The largest absolute Gasteiger partial charge is 0.291 e. The number of benzene rings is 2. The molecule has 1 atom stereocenters. The molecule has 5 heteroatoms. The summed E-state index contributed by atoms with van der Waals surface area (Å²) >= 11 is 3.11. The van der Waals surface area contributed by atoms with Gasteiger partial charge in [-0.15, -0.1) is 0 Å². The fourth-order valence-corrected chi connectivity index (χ4v) is 2.66. The van der Waals surface area contributed by atoms with E-state index in [1.807, 2.05) is 37.3 Å². The topological polar surface area (TPSA) is 34.9 Å². The van der Waals surface area contributed by atoms with Crippen LogP contribution in [0, 0.1) is 5.82 Å². The Morgan fingerprint density at radius 2 is 1.90 bits per heavy atom. The lowest BCUT2D eigenvalue weighted by Crippen LogP contribution is -2.25. The summed E-state index contributed by atoms with van der Waals surface area (Å²) in [6.07, 6.45) is 1.47. The van der Waals surface area contributed by atoms with Crippen LogP contribution in [-0.2, 0) is 0 Å². The summed E-state index contributed by atoms with van der Waals surface area (Å²) in [6, 6.07) is 12.5. The van der Waals surface area contributed by atoms with Crippen LogP contribution >= 0.6 is 15.9 Å². The van der Waals surface area contributed by atoms with Gasteiger partial charge in [0.25, 0.3) is 5.56 Å². The minimum absolute atomic E-state index is 0.00894. The van der Waals surface area contributed by atoms with Gasteiger partial charge in [0, 0.05) is 0 Å². The lowest BCUT2D eigenvalue weighted by Gasteiger charge is -2.15. The Bertz CT molecular complexity index is 861. The molecule has 1 heterocycles. The molecule has 106 valence electrons. The smallest absolute Gasteiger partial charge is 0.264 e. The summed E-state index contributed by atoms with van der Waals surface area (Å²) < 4.78 is 15.9. The van der Waals surface area contributed by atoms with Crippen LogP contribution < -0.4 is 5.56 Å². The molecule has 2 aromatic carbocycles. The average Bonchev–Trinajstić information content (AvgIpc) is 2.51. The van der Waals surface area contributed by atoms with Crippen molar-refractivity contribution in [2.45, 2.75) is 13.0 Å². The Kier molecular flexibility index (Phi) is 3.59. The van der Waals surface area contributed by atoms with E-state index in [2.05, 4.69) is 20.9 Å². The summed E-state index contributed by atoms with van der Waals surface area (Å²) in [6.45, 7) is 1.89. The SMILES string of the molecule is CC(c1ccccc1)n1cnc2ccc(Br)c(F)c2c1=O. The first-order chi connectivity index (χ1) is 10.1. The van der Waals surface area contributed by atoms with E-state index in [1.165, 1.54) is 10.9 Å². The van der Waals surface area contributed by atoms with Crippen LogP contribution in [-0.4, -0.2) is 9.55 Å². The van der Waals surface area contributed by atoms with E-state index in [4.69, 9.17) is 0 Å². The Hall–Kier alpha value is -2.01. The van der Waals surface area contributed by atoms with Gasteiger partial charge in [-0.2, -0.15) is 0 Å². The molecule has 0 saturated heterocycles. The van der Waals surface area contributed by atoms with Gasteiger partial charge < -0.3 is 0 Å². The molecule has 0 amide bonds. The van der Waals surface area contributed by atoms with Crippen molar-refractivity contribution in [3.63, 3.8) is 0 Å². The van der Waals surface area contributed by atoms with Gasteiger partial charge in [0.05, 0.1) is 22.4 Å². The number of nitrogens with zero attached hydrogens (tertiary/aromatic N) is 2. The molecule has 3 nitrogen and oxygen atoms in total. The van der Waals surface area contributed by atoms with Crippen molar-refractivity contribution >= 4 is 26.8 Å². The number of hydrogen-bond acceptors (Lipinski definition) is 2. The average molecular weight is 347 g/mol. The van der Waals surface area contributed by atoms with Crippen molar-refractivity contribution in [1.29, 1.82) is 0 Å². The van der Waals surface area contributed by atoms with Crippen molar-refractivity contribution in [1.82, 2.24) is 9.55 Å². The highest BCUT2D eigenvalue weighted by Crippen LogP contribution is 2.22. The Morgan fingerprint density at radius 1 is 1.19 bits per heavy atom. The summed E-state index contributed by atoms with van der Waals surface area (Å²) in [4.78, 5) is 16.8. The van der Waals surface area contributed by atoms with E-state index in [1.54, 1.807) is 12.1 Å². The van der Waals surface area contributed by atoms with Gasteiger partial charge in [-0.3, -0.25) is 9.36 Å². The summed E-state index contributed by atoms with van der Waals surface area (Å²) in [5.41, 5.74) is 0.948. The molecule has 0 bridgehead atoms. The molecule has 0 aliphatic rings. The van der Waals surface area contributed by atoms with Gasteiger partial charge >= 0.3 is 0 Å². The fraction of sp³-hybridized carbons (Fsp3) is 0.125. The van der Waals surface area contributed by atoms with Gasteiger partial charge in [-0.05, 0) is 40.5 Å². The Balaban J connectivity index is 2.23. The normalized spacial score (nSPS) is 12.5. The molecule has 0 radical (unpaired) electrons. The van der Waals surface area contributed by atoms with Crippen LogP contribution in [0.25, 0.3) is 10.9 Å². The molecule has 0 fully saturated rings. The van der Waals surface area contributed by atoms with Crippen LogP contribution in [0.1, 0.15) is 18.5 Å². The van der Waals surface area contributed by atoms with Crippen molar-refractivity contribution < 1.29 is 4.39 Å². The number of halogens is 2. The maximum absolute atomic E-state index is 14.2. The molecule has 21 heavy (non-hydrogen) atoms. The third-order valence-corrected chi connectivity index (χ3v) is 4.15. The van der Waals surface area contributed by atoms with Crippen molar-refractivity contribution in [3.05, 3.63) is 75.0 Å². The Morgan fingerprint density at radius 3 is 2.62 bits per heavy atom. The van der Waals surface area contributed by atoms with Crippen LogP contribution in [0.2, 0.25) is 0 Å². The van der Waals surface area contributed by atoms with E-state index in [-0.39, 0.29) is 21.5 Å². The number of fused-ring (bicyclic) bond motifs is 1. The number of rotatable bonds is 2. The molecule has 1 unspecified atom stereocenters. The van der Waals surface area contributed by atoms with Crippen LogP contribution in [0.5, 0.6) is 0 Å².